The smallest absolute Gasteiger partial charge is 0.249 e. The molecule has 2 atom stereocenters. The van der Waals surface area contributed by atoms with Crippen LogP contribution in [0.4, 0.5) is 0 Å². The van der Waals surface area contributed by atoms with E-state index in [2.05, 4.69) is 5.32 Å². The Morgan fingerprint density at radius 2 is 2.29 bits per heavy atom. The van der Waals surface area contributed by atoms with Gasteiger partial charge in [-0.3, -0.25) is 9.59 Å². The van der Waals surface area contributed by atoms with E-state index in [1.165, 1.54) is 0 Å². The summed E-state index contributed by atoms with van der Waals surface area (Å²) in [4.78, 5) is 22.7. The lowest BCUT2D eigenvalue weighted by Crippen LogP contribution is -2.43. The lowest BCUT2D eigenvalue weighted by molar-refractivity contribution is -0.133. The number of hydrogen-bond donors (Lipinski definition) is 1. The first-order valence-electron chi connectivity index (χ1n) is 5.09. The predicted molar refractivity (Wildman–Crippen MR) is 51.9 cm³/mol. The topological polar surface area (TPSA) is 55.4 Å². The number of Topliss-reactive ketones (excluding diaryl/α,β-unsaturated/α-hetero) is 1. The van der Waals surface area contributed by atoms with E-state index in [1.54, 1.807) is 13.8 Å². The van der Waals surface area contributed by atoms with Crippen LogP contribution in [0.25, 0.3) is 0 Å². The summed E-state index contributed by atoms with van der Waals surface area (Å²) in [6.07, 6.45) is 1.79. The van der Waals surface area contributed by atoms with Crippen LogP contribution in [0.5, 0.6) is 0 Å². The summed E-state index contributed by atoms with van der Waals surface area (Å²) in [7, 11) is 0. The van der Waals surface area contributed by atoms with Crippen LogP contribution in [0, 0.1) is 0 Å². The molecule has 1 heterocycles. The molecular weight excluding hydrogens is 182 g/mol. The Kier molecular flexibility index (Phi) is 4.07. The summed E-state index contributed by atoms with van der Waals surface area (Å²) in [5.41, 5.74) is 0. The van der Waals surface area contributed by atoms with Gasteiger partial charge in [-0.25, -0.2) is 0 Å². The highest BCUT2D eigenvalue weighted by atomic mass is 16.5. The molecule has 1 aliphatic rings. The molecule has 1 saturated heterocycles. The fourth-order valence-electron chi connectivity index (χ4n) is 1.48. The van der Waals surface area contributed by atoms with Gasteiger partial charge in [-0.1, -0.05) is 6.92 Å². The number of ketones is 1. The molecule has 0 aromatic rings. The minimum atomic E-state index is -0.392. The van der Waals surface area contributed by atoms with Crippen LogP contribution in [0.2, 0.25) is 0 Å². The molecule has 0 bridgehead atoms. The van der Waals surface area contributed by atoms with Gasteiger partial charge in [0.2, 0.25) is 5.91 Å². The second-order valence-corrected chi connectivity index (χ2v) is 3.55. The van der Waals surface area contributed by atoms with Crippen molar-refractivity contribution in [2.45, 2.75) is 45.3 Å². The first-order chi connectivity index (χ1) is 6.65. The van der Waals surface area contributed by atoms with Crippen molar-refractivity contribution in [1.82, 2.24) is 5.32 Å². The highest BCUT2D eigenvalue weighted by molar-refractivity contribution is 5.90. The molecule has 0 aromatic heterocycles. The first-order valence-corrected chi connectivity index (χ1v) is 5.09. The first kappa shape index (κ1) is 11.2. The van der Waals surface area contributed by atoms with Crippen molar-refractivity contribution in [3.05, 3.63) is 0 Å². The highest BCUT2D eigenvalue weighted by Crippen LogP contribution is 2.11. The summed E-state index contributed by atoms with van der Waals surface area (Å²) in [6, 6.07) is -0.392. The molecule has 0 aliphatic carbocycles. The zero-order valence-corrected chi connectivity index (χ0v) is 8.71. The SMILES string of the molecule is CCC(=O)[C@H](C)NC(=O)[C@H]1CCCO1. The number of carbonyl (C=O) groups is 2. The van der Waals surface area contributed by atoms with Crippen LogP contribution in [-0.4, -0.2) is 30.4 Å². The summed E-state index contributed by atoms with van der Waals surface area (Å²) in [6.45, 7) is 4.14. The second-order valence-electron chi connectivity index (χ2n) is 3.55. The molecule has 0 unspecified atom stereocenters. The van der Waals surface area contributed by atoms with Gasteiger partial charge in [0.1, 0.15) is 6.10 Å². The van der Waals surface area contributed by atoms with Crippen molar-refractivity contribution in [2.75, 3.05) is 6.61 Å². The van der Waals surface area contributed by atoms with Crippen LogP contribution in [-0.2, 0) is 14.3 Å². The van der Waals surface area contributed by atoms with E-state index in [0.717, 1.165) is 12.8 Å². The number of hydrogen-bond acceptors (Lipinski definition) is 3. The van der Waals surface area contributed by atoms with Crippen LogP contribution in [0.3, 0.4) is 0 Å². The van der Waals surface area contributed by atoms with Crippen molar-refractivity contribution < 1.29 is 14.3 Å². The van der Waals surface area contributed by atoms with Crippen molar-refractivity contribution in [3.8, 4) is 0 Å². The van der Waals surface area contributed by atoms with E-state index in [4.69, 9.17) is 4.74 Å². The minimum absolute atomic E-state index is 0.0522. The summed E-state index contributed by atoms with van der Waals surface area (Å²) < 4.78 is 5.21. The predicted octanol–water partition coefficient (Wildman–Crippen LogP) is 0.649. The molecule has 1 rings (SSSR count). The Bertz CT molecular complexity index is 221. The average molecular weight is 199 g/mol. The standard InChI is InChI=1S/C10H17NO3/c1-3-8(12)7(2)11-10(13)9-5-4-6-14-9/h7,9H,3-6H2,1-2H3,(H,11,13)/t7-,9+/m0/s1. The monoisotopic (exact) mass is 199 g/mol. The van der Waals surface area contributed by atoms with E-state index >= 15 is 0 Å². The fourth-order valence-corrected chi connectivity index (χ4v) is 1.48. The van der Waals surface area contributed by atoms with Gasteiger partial charge < -0.3 is 10.1 Å². The van der Waals surface area contributed by atoms with Crippen LogP contribution in [0.15, 0.2) is 0 Å². The lowest BCUT2D eigenvalue weighted by atomic mass is 10.1. The van der Waals surface area contributed by atoms with Gasteiger partial charge in [0.15, 0.2) is 5.78 Å². The molecule has 1 N–H and O–H groups in total. The van der Waals surface area contributed by atoms with Gasteiger partial charge in [0.05, 0.1) is 6.04 Å². The van der Waals surface area contributed by atoms with Crippen LogP contribution < -0.4 is 5.32 Å². The zero-order chi connectivity index (χ0) is 10.6. The average Bonchev–Trinajstić information content (AvgIpc) is 2.69. The fraction of sp³-hybridized carbons (Fsp3) is 0.800. The maximum Gasteiger partial charge on any atom is 0.249 e. The summed E-state index contributed by atoms with van der Waals surface area (Å²) in [5, 5.41) is 2.66. The summed E-state index contributed by atoms with van der Waals surface area (Å²) >= 11 is 0. The van der Waals surface area contributed by atoms with Crippen LogP contribution >= 0.6 is 0 Å². The van der Waals surface area contributed by atoms with Gasteiger partial charge in [-0.15, -0.1) is 0 Å². The molecule has 1 fully saturated rings. The van der Waals surface area contributed by atoms with E-state index in [-0.39, 0.29) is 17.8 Å². The zero-order valence-electron chi connectivity index (χ0n) is 8.71. The third-order valence-corrected chi connectivity index (χ3v) is 2.41. The number of ether oxygens (including phenoxy) is 1. The molecule has 0 spiro atoms. The number of nitrogens with one attached hydrogen (secondary N) is 1. The molecule has 1 aliphatic heterocycles. The van der Waals surface area contributed by atoms with Gasteiger partial charge in [0.25, 0.3) is 0 Å². The van der Waals surface area contributed by atoms with Crippen molar-refractivity contribution in [3.63, 3.8) is 0 Å². The van der Waals surface area contributed by atoms with E-state index in [9.17, 15) is 9.59 Å². The van der Waals surface area contributed by atoms with Crippen molar-refractivity contribution in [1.29, 1.82) is 0 Å². The Balaban J connectivity index is 2.35. The lowest BCUT2D eigenvalue weighted by Gasteiger charge is -2.14. The van der Waals surface area contributed by atoms with Gasteiger partial charge in [0, 0.05) is 13.0 Å². The number of rotatable bonds is 4. The summed E-state index contributed by atoms with van der Waals surface area (Å²) in [5.74, 6) is -0.104. The quantitative estimate of drug-likeness (QED) is 0.723. The largest absolute Gasteiger partial charge is 0.368 e. The molecule has 14 heavy (non-hydrogen) atoms. The minimum Gasteiger partial charge on any atom is -0.368 e. The maximum atomic E-state index is 11.5. The normalized spacial score (nSPS) is 23.1. The van der Waals surface area contributed by atoms with Crippen LogP contribution in [0.1, 0.15) is 33.1 Å². The Hall–Kier alpha value is -0.900. The van der Waals surface area contributed by atoms with Crippen molar-refractivity contribution >= 4 is 11.7 Å². The molecule has 0 radical (unpaired) electrons. The number of amides is 1. The number of carbonyl (C=O) groups excluding carboxylic acids is 2. The molecule has 0 aromatic carbocycles. The van der Waals surface area contributed by atoms with Gasteiger partial charge >= 0.3 is 0 Å². The highest BCUT2D eigenvalue weighted by Gasteiger charge is 2.25. The molecular formula is C10H17NO3. The second kappa shape index (κ2) is 5.10. The Morgan fingerprint density at radius 1 is 1.57 bits per heavy atom. The Morgan fingerprint density at radius 3 is 2.79 bits per heavy atom. The van der Waals surface area contributed by atoms with E-state index < -0.39 is 6.04 Å². The van der Waals surface area contributed by atoms with E-state index in [0.29, 0.717) is 13.0 Å². The third kappa shape index (κ3) is 2.80. The van der Waals surface area contributed by atoms with Gasteiger partial charge in [-0.05, 0) is 19.8 Å². The van der Waals surface area contributed by atoms with E-state index in [1.807, 2.05) is 0 Å². The molecule has 4 heteroatoms. The van der Waals surface area contributed by atoms with Crippen molar-refractivity contribution in [2.24, 2.45) is 0 Å². The van der Waals surface area contributed by atoms with Gasteiger partial charge in [-0.2, -0.15) is 0 Å². The third-order valence-electron chi connectivity index (χ3n) is 2.41. The maximum absolute atomic E-state index is 11.5. The molecule has 80 valence electrons. The molecule has 4 nitrogen and oxygen atoms in total. The molecule has 1 amide bonds. The Labute approximate surface area is 84.0 Å². The molecule has 0 saturated carbocycles.